The lowest BCUT2D eigenvalue weighted by molar-refractivity contribution is 0.106. The summed E-state index contributed by atoms with van der Waals surface area (Å²) in [6.45, 7) is 5.95. The van der Waals surface area contributed by atoms with Gasteiger partial charge in [0.15, 0.2) is 0 Å². The molecule has 1 aromatic carbocycles. The van der Waals surface area contributed by atoms with Gasteiger partial charge in [-0.1, -0.05) is 24.6 Å². The molecule has 3 nitrogen and oxygen atoms in total. The number of rotatable bonds is 11. The summed E-state index contributed by atoms with van der Waals surface area (Å²) in [5, 5.41) is 13.2. The molecule has 4 heteroatoms. The zero-order valence-corrected chi connectivity index (χ0v) is 14.3. The van der Waals surface area contributed by atoms with Crippen LogP contribution in [0.2, 0.25) is 0 Å². The Hall–Kier alpha value is -0.710. The minimum absolute atomic E-state index is 0.338. The van der Waals surface area contributed by atoms with Gasteiger partial charge in [-0.2, -0.15) is 11.8 Å². The number of benzene rings is 1. The lowest BCUT2D eigenvalue weighted by Crippen LogP contribution is -2.32. The molecule has 1 aromatic rings. The fourth-order valence-electron chi connectivity index (χ4n) is 2.21. The predicted molar refractivity (Wildman–Crippen MR) is 92.5 cm³/mol. The summed E-state index contributed by atoms with van der Waals surface area (Å²) >= 11 is 1.90. The topological polar surface area (TPSA) is 41.5 Å². The highest BCUT2D eigenvalue weighted by Gasteiger charge is 2.08. The van der Waals surface area contributed by atoms with Crippen molar-refractivity contribution in [2.75, 3.05) is 31.7 Å². The first-order chi connectivity index (χ1) is 10.1. The SMILES string of the molecule is CSCCCCCNCC(O)COc1c(C)cccc1C. The fourth-order valence-corrected chi connectivity index (χ4v) is 2.70. The van der Waals surface area contributed by atoms with Crippen LogP contribution in [0.5, 0.6) is 5.75 Å². The number of hydrogen-bond donors (Lipinski definition) is 2. The van der Waals surface area contributed by atoms with Gasteiger partial charge in [0.25, 0.3) is 0 Å². The number of nitrogens with one attached hydrogen (secondary N) is 1. The van der Waals surface area contributed by atoms with Crippen molar-refractivity contribution in [3.8, 4) is 5.75 Å². The Kier molecular flexibility index (Phi) is 9.55. The average molecular weight is 311 g/mol. The van der Waals surface area contributed by atoms with Gasteiger partial charge in [-0.25, -0.2) is 0 Å². The summed E-state index contributed by atoms with van der Waals surface area (Å²) in [6, 6.07) is 6.08. The maximum Gasteiger partial charge on any atom is 0.125 e. The molecule has 120 valence electrons. The highest BCUT2D eigenvalue weighted by atomic mass is 32.2. The van der Waals surface area contributed by atoms with E-state index in [-0.39, 0.29) is 0 Å². The van der Waals surface area contributed by atoms with Gasteiger partial charge in [0.2, 0.25) is 0 Å². The maximum atomic E-state index is 9.94. The molecule has 0 bridgehead atoms. The second kappa shape index (κ2) is 10.9. The molecule has 0 aliphatic rings. The van der Waals surface area contributed by atoms with Crippen molar-refractivity contribution in [3.05, 3.63) is 29.3 Å². The van der Waals surface area contributed by atoms with Gasteiger partial charge in [-0.15, -0.1) is 0 Å². The molecule has 0 saturated carbocycles. The van der Waals surface area contributed by atoms with E-state index in [1.807, 2.05) is 43.8 Å². The lowest BCUT2D eigenvalue weighted by atomic mass is 10.1. The Morgan fingerprint density at radius 2 is 1.90 bits per heavy atom. The third-order valence-electron chi connectivity index (χ3n) is 3.41. The summed E-state index contributed by atoms with van der Waals surface area (Å²) in [6.07, 6.45) is 5.38. The van der Waals surface area contributed by atoms with Crippen molar-refractivity contribution in [3.63, 3.8) is 0 Å². The van der Waals surface area contributed by atoms with Crippen LogP contribution in [0.1, 0.15) is 30.4 Å². The molecular formula is C17H29NO2S. The Morgan fingerprint density at radius 3 is 2.57 bits per heavy atom. The summed E-state index contributed by atoms with van der Waals surface area (Å²) in [7, 11) is 0. The Bertz CT molecular complexity index is 378. The molecule has 2 N–H and O–H groups in total. The van der Waals surface area contributed by atoms with Crippen LogP contribution in [0.4, 0.5) is 0 Å². The van der Waals surface area contributed by atoms with Crippen LogP contribution in [-0.4, -0.2) is 42.9 Å². The molecule has 21 heavy (non-hydrogen) atoms. The smallest absolute Gasteiger partial charge is 0.125 e. The van der Waals surface area contributed by atoms with Crippen LogP contribution in [0.15, 0.2) is 18.2 Å². The van der Waals surface area contributed by atoms with Crippen molar-refractivity contribution in [1.82, 2.24) is 5.32 Å². The van der Waals surface area contributed by atoms with Gasteiger partial charge in [0.05, 0.1) is 0 Å². The van der Waals surface area contributed by atoms with E-state index in [0.29, 0.717) is 13.2 Å². The molecule has 0 aliphatic carbocycles. The van der Waals surface area contributed by atoms with Crippen LogP contribution in [0.3, 0.4) is 0 Å². The van der Waals surface area contributed by atoms with Crippen molar-refractivity contribution >= 4 is 11.8 Å². The van der Waals surface area contributed by atoms with E-state index in [4.69, 9.17) is 4.74 Å². The number of aliphatic hydroxyl groups excluding tert-OH is 1. The highest BCUT2D eigenvalue weighted by molar-refractivity contribution is 7.98. The zero-order valence-electron chi connectivity index (χ0n) is 13.5. The lowest BCUT2D eigenvalue weighted by Gasteiger charge is -2.16. The van der Waals surface area contributed by atoms with Gasteiger partial charge in [0.1, 0.15) is 18.5 Å². The van der Waals surface area contributed by atoms with E-state index < -0.39 is 6.10 Å². The summed E-state index contributed by atoms with van der Waals surface area (Å²) < 4.78 is 5.75. The third kappa shape index (κ3) is 7.74. The first-order valence-electron chi connectivity index (χ1n) is 7.72. The molecule has 0 amide bonds. The summed E-state index contributed by atoms with van der Waals surface area (Å²) in [5.74, 6) is 2.14. The van der Waals surface area contributed by atoms with E-state index in [0.717, 1.165) is 23.4 Å². The summed E-state index contributed by atoms with van der Waals surface area (Å²) in [4.78, 5) is 0. The molecule has 1 atom stereocenters. The standard InChI is InChI=1S/C17H29NO2S/c1-14-8-7-9-15(2)17(14)20-13-16(19)12-18-10-5-4-6-11-21-3/h7-9,16,18-19H,4-6,10-13H2,1-3H3. The van der Waals surface area contributed by atoms with Crippen molar-refractivity contribution in [2.45, 2.75) is 39.2 Å². The second-order valence-electron chi connectivity index (χ2n) is 5.44. The van der Waals surface area contributed by atoms with E-state index >= 15 is 0 Å². The molecule has 0 radical (unpaired) electrons. The van der Waals surface area contributed by atoms with Crippen LogP contribution < -0.4 is 10.1 Å². The highest BCUT2D eigenvalue weighted by Crippen LogP contribution is 2.22. The number of ether oxygens (including phenoxy) is 1. The molecular weight excluding hydrogens is 282 g/mol. The molecule has 1 unspecified atom stereocenters. The van der Waals surface area contributed by atoms with Gasteiger partial charge >= 0.3 is 0 Å². The first kappa shape index (κ1) is 18.3. The Balaban J connectivity index is 2.12. The van der Waals surface area contributed by atoms with Gasteiger partial charge < -0.3 is 15.2 Å². The molecule has 0 saturated heterocycles. The van der Waals surface area contributed by atoms with Crippen molar-refractivity contribution < 1.29 is 9.84 Å². The normalized spacial score (nSPS) is 12.4. The minimum Gasteiger partial charge on any atom is -0.490 e. The minimum atomic E-state index is -0.463. The van der Waals surface area contributed by atoms with E-state index in [2.05, 4.69) is 11.6 Å². The van der Waals surface area contributed by atoms with E-state index in [1.165, 1.54) is 25.0 Å². The van der Waals surface area contributed by atoms with Crippen molar-refractivity contribution in [1.29, 1.82) is 0 Å². The Labute approximate surface area is 133 Å². The second-order valence-corrected chi connectivity index (χ2v) is 6.43. The molecule has 0 aromatic heterocycles. The maximum absolute atomic E-state index is 9.94. The third-order valence-corrected chi connectivity index (χ3v) is 4.11. The average Bonchev–Trinajstić information content (AvgIpc) is 2.46. The van der Waals surface area contributed by atoms with Crippen LogP contribution in [-0.2, 0) is 0 Å². The van der Waals surface area contributed by atoms with Crippen LogP contribution in [0, 0.1) is 13.8 Å². The zero-order chi connectivity index (χ0) is 15.5. The number of aryl methyl sites for hydroxylation is 2. The van der Waals surface area contributed by atoms with E-state index in [1.54, 1.807) is 0 Å². The molecule has 0 heterocycles. The number of hydrogen-bond acceptors (Lipinski definition) is 4. The predicted octanol–water partition coefficient (Wildman–Crippen LogP) is 3.17. The van der Waals surface area contributed by atoms with Crippen molar-refractivity contribution in [2.24, 2.45) is 0 Å². The molecule has 0 spiro atoms. The van der Waals surface area contributed by atoms with Crippen LogP contribution >= 0.6 is 11.8 Å². The number of para-hydroxylation sites is 1. The Morgan fingerprint density at radius 1 is 1.19 bits per heavy atom. The van der Waals surface area contributed by atoms with Gasteiger partial charge in [-0.05, 0) is 56.4 Å². The molecule has 0 fully saturated rings. The summed E-state index contributed by atoms with van der Waals surface area (Å²) in [5.41, 5.74) is 2.23. The number of aliphatic hydroxyl groups is 1. The number of thioether (sulfide) groups is 1. The largest absolute Gasteiger partial charge is 0.490 e. The molecule has 0 aliphatic heterocycles. The van der Waals surface area contributed by atoms with E-state index in [9.17, 15) is 5.11 Å². The monoisotopic (exact) mass is 311 g/mol. The molecule has 1 rings (SSSR count). The number of unbranched alkanes of at least 4 members (excludes halogenated alkanes) is 2. The van der Waals surface area contributed by atoms with Gasteiger partial charge in [0, 0.05) is 6.54 Å². The van der Waals surface area contributed by atoms with Crippen LogP contribution in [0.25, 0.3) is 0 Å². The first-order valence-corrected chi connectivity index (χ1v) is 9.11. The van der Waals surface area contributed by atoms with Gasteiger partial charge in [-0.3, -0.25) is 0 Å². The fraction of sp³-hybridized carbons (Fsp3) is 0.647. The quantitative estimate of drug-likeness (QED) is 0.616.